The van der Waals surface area contributed by atoms with Gasteiger partial charge in [0.1, 0.15) is 0 Å². The summed E-state index contributed by atoms with van der Waals surface area (Å²) >= 11 is 0. The summed E-state index contributed by atoms with van der Waals surface area (Å²) in [6.45, 7) is 0.255. The monoisotopic (exact) mass is 232 g/mol. The van der Waals surface area contributed by atoms with E-state index in [0.717, 1.165) is 16.5 Å². The Labute approximate surface area is 100.0 Å². The normalized spacial score (nSPS) is 12.6. The summed E-state index contributed by atoms with van der Waals surface area (Å²) in [5.41, 5.74) is 7.66. The second kappa shape index (κ2) is 4.59. The van der Waals surface area contributed by atoms with Crippen molar-refractivity contribution in [1.29, 1.82) is 0 Å². The van der Waals surface area contributed by atoms with Gasteiger partial charge in [-0.2, -0.15) is 0 Å². The first-order chi connectivity index (χ1) is 8.17. The first kappa shape index (κ1) is 11.7. The molecule has 0 aliphatic carbocycles. The van der Waals surface area contributed by atoms with Crippen LogP contribution in [-0.2, 0) is 16.6 Å². The highest BCUT2D eigenvalue weighted by Gasteiger charge is 2.19. The molecule has 0 amide bonds. The molecule has 0 bridgehead atoms. The van der Waals surface area contributed by atoms with Gasteiger partial charge in [0, 0.05) is 25.3 Å². The van der Waals surface area contributed by atoms with Crippen molar-refractivity contribution in [3.05, 3.63) is 36.0 Å². The highest BCUT2D eigenvalue weighted by atomic mass is 16.5. The molecule has 0 spiro atoms. The van der Waals surface area contributed by atoms with E-state index in [9.17, 15) is 4.79 Å². The van der Waals surface area contributed by atoms with Crippen molar-refractivity contribution < 1.29 is 9.53 Å². The molecule has 4 nitrogen and oxygen atoms in total. The van der Waals surface area contributed by atoms with E-state index >= 15 is 0 Å². The predicted molar refractivity (Wildman–Crippen MR) is 66.7 cm³/mol. The highest BCUT2D eigenvalue weighted by molar-refractivity contribution is 5.84. The Hall–Kier alpha value is -1.81. The fourth-order valence-electron chi connectivity index (χ4n) is 2.03. The molecule has 1 atom stereocenters. The lowest BCUT2D eigenvalue weighted by atomic mass is 9.98. The Kier molecular flexibility index (Phi) is 3.15. The van der Waals surface area contributed by atoms with E-state index in [2.05, 4.69) is 0 Å². The first-order valence-electron chi connectivity index (χ1n) is 5.50. The van der Waals surface area contributed by atoms with Gasteiger partial charge in [-0.3, -0.25) is 4.79 Å². The third kappa shape index (κ3) is 2.03. The number of hydrogen-bond donors (Lipinski definition) is 1. The first-order valence-corrected chi connectivity index (χ1v) is 5.50. The predicted octanol–water partition coefficient (Wildman–Crippen LogP) is 1.39. The van der Waals surface area contributed by atoms with Gasteiger partial charge in [0.2, 0.25) is 0 Å². The minimum atomic E-state index is -0.385. The van der Waals surface area contributed by atoms with Gasteiger partial charge in [-0.05, 0) is 29.1 Å². The van der Waals surface area contributed by atoms with Gasteiger partial charge < -0.3 is 15.0 Å². The molecule has 17 heavy (non-hydrogen) atoms. The lowest BCUT2D eigenvalue weighted by Gasteiger charge is -2.12. The summed E-state index contributed by atoms with van der Waals surface area (Å²) < 4.78 is 6.79. The maximum absolute atomic E-state index is 11.6. The zero-order valence-corrected chi connectivity index (χ0v) is 10.0. The van der Waals surface area contributed by atoms with Gasteiger partial charge in [-0.25, -0.2) is 0 Å². The van der Waals surface area contributed by atoms with Crippen LogP contribution in [0.15, 0.2) is 30.5 Å². The van der Waals surface area contributed by atoms with Crippen molar-refractivity contribution in [3.8, 4) is 0 Å². The number of fused-ring (bicyclic) bond motifs is 1. The van der Waals surface area contributed by atoms with Crippen molar-refractivity contribution in [2.45, 2.75) is 5.92 Å². The molecule has 0 saturated heterocycles. The van der Waals surface area contributed by atoms with Crippen molar-refractivity contribution in [2.75, 3.05) is 13.7 Å². The average Bonchev–Trinajstić information content (AvgIpc) is 2.71. The van der Waals surface area contributed by atoms with Gasteiger partial charge >= 0.3 is 5.97 Å². The minimum Gasteiger partial charge on any atom is -0.469 e. The standard InChI is InChI=1S/C13H16N2O2/c1-15-6-5-10-7-9(3-4-12(10)15)11(8-14)13(16)17-2/h3-7,11H,8,14H2,1-2H3. The maximum atomic E-state index is 11.6. The van der Waals surface area contributed by atoms with E-state index in [1.54, 1.807) is 0 Å². The number of rotatable bonds is 3. The largest absolute Gasteiger partial charge is 0.469 e. The molecule has 90 valence electrons. The maximum Gasteiger partial charge on any atom is 0.314 e. The van der Waals surface area contributed by atoms with E-state index in [0.29, 0.717) is 0 Å². The van der Waals surface area contributed by atoms with Crippen molar-refractivity contribution in [3.63, 3.8) is 0 Å². The Morgan fingerprint density at radius 1 is 1.47 bits per heavy atom. The molecule has 0 aliphatic rings. The number of esters is 1. The highest BCUT2D eigenvalue weighted by Crippen LogP contribution is 2.22. The molecular weight excluding hydrogens is 216 g/mol. The smallest absolute Gasteiger partial charge is 0.314 e. The van der Waals surface area contributed by atoms with Crippen LogP contribution in [0.2, 0.25) is 0 Å². The summed E-state index contributed by atoms with van der Waals surface area (Å²) in [6.07, 6.45) is 1.99. The second-order valence-electron chi connectivity index (χ2n) is 4.06. The summed E-state index contributed by atoms with van der Waals surface area (Å²) in [7, 11) is 3.37. The van der Waals surface area contributed by atoms with Crippen molar-refractivity contribution in [2.24, 2.45) is 12.8 Å². The topological polar surface area (TPSA) is 57.2 Å². The van der Waals surface area contributed by atoms with Gasteiger partial charge in [-0.15, -0.1) is 0 Å². The summed E-state index contributed by atoms with van der Waals surface area (Å²) in [4.78, 5) is 11.6. The third-order valence-electron chi connectivity index (χ3n) is 3.03. The molecule has 2 rings (SSSR count). The molecule has 1 unspecified atom stereocenters. The molecule has 1 aromatic carbocycles. The molecule has 4 heteroatoms. The van der Waals surface area contributed by atoms with Gasteiger partial charge in [0.15, 0.2) is 0 Å². The van der Waals surface area contributed by atoms with Gasteiger partial charge in [-0.1, -0.05) is 6.07 Å². The molecule has 1 aromatic heterocycles. The number of carbonyl (C=O) groups excluding carboxylic acids is 1. The van der Waals surface area contributed by atoms with Crippen LogP contribution >= 0.6 is 0 Å². The van der Waals surface area contributed by atoms with E-state index in [-0.39, 0.29) is 18.4 Å². The summed E-state index contributed by atoms with van der Waals surface area (Å²) in [6, 6.07) is 7.93. The van der Waals surface area contributed by atoms with Crippen LogP contribution in [0.1, 0.15) is 11.5 Å². The molecule has 1 heterocycles. The number of nitrogens with zero attached hydrogens (tertiary/aromatic N) is 1. The number of ether oxygens (including phenoxy) is 1. The van der Waals surface area contributed by atoms with Crippen LogP contribution < -0.4 is 5.73 Å². The number of aryl methyl sites for hydroxylation is 1. The molecule has 2 aromatic rings. The molecule has 0 saturated carbocycles. The number of aromatic nitrogens is 1. The minimum absolute atomic E-state index is 0.255. The fraction of sp³-hybridized carbons (Fsp3) is 0.308. The molecule has 0 fully saturated rings. The van der Waals surface area contributed by atoms with E-state index < -0.39 is 0 Å². The van der Waals surface area contributed by atoms with E-state index in [1.165, 1.54) is 7.11 Å². The van der Waals surface area contributed by atoms with Gasteiger partial charge in [0.05, 0.1) is 13.0 Å². The quantitative estimate of drug-likeness (QED) is 0.814. The van der Waals surface area contributed by atoms with Crippen LogP contribution in [0.4, 0.5) is 0 Å². The van der Waals surface area contributed by atoms with Gasteiger partial charge in [0.25, 0.3) is 0 Å². The summed E-state index contributed by atoms with van der Waals surface area (Å²) in [5.74, 6) is -0.674. The Morgan fingerprint density at radius 3 is 2.88 bits per heavy atom. The molecule has 2 N–H and O–H groups in total. The average molecular weight is 232 g/mol. The van der Waals surface area contributed by atoms with Crippen molar-refractivity contribution >= 4 is 16.9 Å². The number of benzene rings is 1. The number of carbonyl (C=O) groups is 1. The molecular formula is C13H16N2O2. The SMILES string of the molecule is COC(=O)C(CN)c1ccc2c(ccn2C)c1. The third-order valence-corrected chi connectivity index (χ3v) is 3.03. The Balaban J connectivity index is 2.44. The lowest BCUT2D eigenvalue weighted by molar-refractivity contribution is -0.142. The zero-order chi connectivity index (χ0) is 12.4. The Morgan fingerprint density at radius 2 is 2.24 bits per heavy atom. The van der Waals surface area contributed by atoms with Crippen molar-refractivity contribution in [1.82, 2.24) is 4.57 Å². The fourth-order valence-corrected chi connectivity index (χ4v) is 2.03. The molecule has 0 aliphatic heterocycles. The molecule has 0 radical (unpaired) electrons. The number of methoxy groups -OCH3 is 1. The van der Waals surface area contributed by atoms with E-state index in [4.69, 9.17) is 10.5 Å². The Bertz CT molecular complexity index is 545. The second-order valence-corrected chi connectivity index (χ2v) is 4.06. The van der Waals surface area contributed by atoms with Crippen LogP contribution in [0.5, 0.6) is 0 Å². The number of nitrogens with two attached hydrogens (primary N) is 1. The van der Waals surface area contributed by atoms with Crippen LogP contribution in [0, 0.1) is 0 Å². The number of hydrogen-bond acceptors (Lipinski definition) is 3. The van der Waals surface area contributed by atoms with E-state index in [1.807, 2.05) is 42.1 Å². The summed E-state index contributed by atoms with van der Waals surface area (Å²) in [5, 5.41) is 1.10. The van der Waals surface area contributed by atoms with Crippen LogP contribution in [0.25, 0.3) is 10.9 Å². The zero-order valence-electron chi connectivity index (χ0n) is 10.0. The van der Waals surface area contributed by atoms with Crippen LogP contribution in [-0.4, -0.2) is 24.2 Å². The lowest BCUT2D eigenvalue weighted by Crippen LogP contribution is -2.22. The van der Waals surface area contributed by atoms with Crippen LogP contribution in [0.3, 0.4) is 0 Å².